The molecule has 0 radical (unpaired) electrons. The van der Waals surface area contributed by atoms with Crippen molar-refractivity contribution in [2.45, 2.75) is 6.10 Å². The lowest BCUT2D eigenvalue weighted by Gasteiger charge is -2.26. The van der Waals surface area contributed by atoms with Gasteiger partial charge in [0.1, 0.15) is 11.7 Å². The van der Waals surface area contributed by atoms with Gasteiger partial charge in [0.2, 0.25) is 0 Å². The Morgan fingerprint density at radius 3 is 2.87 bits per heavy atom. The topological polar surface area (TPSA) is 63.6 Å². The molecule has 2 atom stereocenters. The maximum Gasteiger partial charge on any atom is 0.345 e. The standard InChI is InChI=1S/C10H7ClO4/c11-6-1-2-8-5(3-6)4-7(9(12)13)10(14)15-8/h1-5,8H,(H,12,13)/t5-,8-/m0/s1. The van der Waals surface area contributed by atoms with Crippen molar-refractivity contribution >= 4 is 23.5 Å². The summed E-state index contributed by atoms with van der Waals surface area (Å²) in [7, 11) is 0. The minimum absolute atomic E-state index is 0.286. The second-order valence-electron chi connectivity index (χ2n) is 3.24. The lowest BCUT2D eigenvalue weighted by molar-refractivity contribution is -0.148. The monoisotopic (exact) mass is 226 g/mol. The second-order valence-corrected chi connectivity index (χ2v) is 3.68. The molecule has 78 valence electrons. The van der Waals surface area contributed by atoms with E-state index in [9.17, 15) is 9.59 Å². The number of carbonyl (C=O) groups is 2. The molecule has 2 aliphatic rings. The second kappa shape index (κ2) is 3.55. The van der Waals surface area contributed by atoms with E-state index < -0.39 is 18.0 Å². The Kier molecular flexibility index (Phi) is 2.36. The van der Waals surface area contributed by atoms with E-state index in [1.54, 1.807) is 18.2 Å². The van der Waals surface area contributed by atoms with Crippen molar-refractivity contribution in [1.82, 2.24) is 0 Å². The molecule has 1 N–H and O–H groups in total. The predicted molar refractivity (Wildman–Crippen MR) is 52.2 cm³/mol. The summed E-state index contributed by atoms with van der Waals surface area (Å²) in [6.07, 6.45) is 5.84. The van der Waals surface area contributed by atoms with Crippen molar-refractivity contribution in [3.63, 3.8) is 0 Å². The van der Waals surface area contributed by atoms with Crippen LogP contribution < -0.4 is 0 Å². The van der Waals surface area contributed by atoms with E-state index in [0.717, 1.165) is 0 Å². The smallest absolute Gasteiger partial charge is 0.345 e. The van der Waals surface area contributed by atoms with Gasteiger partial charge in [-0.25, -0.2) is 9.59 Å². The fourth-order valence-corrected chi connectivity index (χ4v) is 1.73. The average molecular weight is 227 g/mol. The molecule has 0 amide bonds. The molecular formula is C10H7ClO4. The van der Waals surface area contributed by atoms with Crippen LogP contribution in [0.3, 0.4) is 0 Å². The maximum atomic E-state index is 11.2. The van der Waals surface area contributed by atoms with Crippen molar-refractivity contribution in [1.29, 1.82) is 0 Å². The summed E-state index contributed by atoms with van der Waals surface area (Å²) in [4.78, 5) is 21.9. The third kappa shape index (κ3) is 1.80. The number of aliphatic carboxylic acids is 1. The number of halogens is 1. The van der Waals surface area contributed by atoms with E-state index in [4.69, 9.17) is 21.4 Å². The minimum atomic E-state index is -1.28. The van der Waals surface area contributed by atoms with Gasteiger partial charge in [-0.2, -0.15) is 0 Å². The largest absolute Gasteiger partial charge is 0.477 e. The Balaban J connectivity index is 2.36. The van der Waals surface area contributed by atoms with E-state index in [-0.39, 0.29) is 11.5 Å². The van der Waals surface area contributed by atoms with Crippen LogP contribution in [0.5, 0.6) is 0 Å². The van der Waals surface area contributed by atoms with Gasteiger partial charge in [-0.15, -0.1) is 0 Å². The van der Waals surface area contributed by atoms with Crippen LogP contribution in [0.1, 0.15) is 0 Å². The number of ether oxygens (including phenoxy) is 1. The normalized spacial score (nSPS) is 28.7. The number of fused-ring (bicyclic) bond motifs is 1. The molecule has 0 aromatic carbocycles. The van der Waals surface area contributed by atoms with E-state index in [0.29, 0.717) is 5.03 Å². The SMILES string of the molecule is O=C(O)C1=C[C@@H]2C=C(Cl)C=C[C@@H]2OC1=O. The van der Waals surface area contributed by atoms with Crippen molar-refractivity contribution in [2.75, 3.05) is 0 Å². The Labute approximate surface area is 90.5 Å². The molecule has 0 fully saturated rings. The number of rotatable bonds is 1. The lowest BCUT2D eigenvalue weighted by Crippen LogP contribution is -2.32. The van der Waals surface area contributed by atoms with Crippen LogP contribution in [0.4, 0.5) is 0 Å². The van der Waals surface area contributed by atoms with Crippen LogP contribution in [0.2, 0.25) is 0 Å². The molecule has 5 heteroatoms. The molecule has 0 unspecified atom stereocenters. The van der Waals surface area contributed by atoms with Gasteiger partial charge >= 0.3 is 11.9 Å². The molecule has 0 aromatic rings. The highest BCUT2D eigenvalue weighted by Gasteiger charge is 2.33. The molecule has 4 nitrogen and oxygen atoms in total. The fourth-order valence-electron chi connectivity index (χ4n) is 1.52. The minimum Gasteiger partial charge on any atom is -0.477 e. The Morgan fingerprint density at radius 2 is 2.20 bits per heavy atom. The first kappa shape index (κ1) is 9.98. The number of carboxylic acids is 1. The van der Waals surface area contributed by atoms with Crippen molar-refractivity contribution in [3.8, 4) is 0 Å². The number of hydrogen-bond acceptors (Lipinski definition) is 3. The molecule has 0 aromatic heterocycles. The van der Waals surface area contributed by atoms with Gasteiger partial charge < -0.3 is 9.84 Å². The molecule has 0 saturated heterocycles. The van der Waals surface area contributed by atoms with E-state index >= 15 is 0 Å². The van der Waals surface area contributed by atoms with E-state index in [1.165, 1.54) is 6.08 Å². The number of carbonyl (C=O) groups excluding carboxylic acids is 1. The van der Waals surface area contributed by atoms with Gasteiger partial charge in [0.15, 0.2) is 0 Å². The van der Waals surface area contributed by atoms with Gasteiger partial charge in [-0.3, -0.25) is 0 Å². The van der Waals surface area contributed by atoms with E-state index in [1.807, 2.05) is 0 Å². The summed E-state index contributed by atoms with van der Waals surface area (Å²) < 4.78 is 4.93. The molecular weight excluding hydrogens is 220 g/mol. The van der Waals surface area contributed by atoms with Gasteiger partial charge in [-0.05, 0) is 12.2 Å². The van der Waals surface area contributed by atoms with Crippen molar-refractivity contribution in [2.24, 2.45) is 5.92 Å². The Bertz CT molecular complexity index is 419. The number of carboxylic acid groups (broad SMARTS) is 1. The zero-order valence-corrected chi connectivity index (χ0v) is 8.27. The van der Waals surface area contributed by atoms with Gasteiger partial charge in [0, 0.05) is 11.0 Å². The molecule has 15 heavy (non-hydrogen) atoms. The van der Waals surface area contributed by atoms with Gasteiger partial charge in [-0.1, -0.05) is 23.8 Å². The Morgan fingerprint density at radius 1 is 1.47 bits per heavy atom. The van der Waals surface area contributed by atoms with E-state index in [2.05, 4.69) is 0 Å². The summed E-state index contributed by atoms with van der Waals surface area (Å²) in [5.74, 6) is -2.37. The fraction of sp³-hybridized carbons (Fsp3) is 0.200. The first-order valence-electron chi connectivity index (χ1n) is 4.29. The lowest BCUT2D eigenvalue weighted by atomic mass is 9.92. The van der Waals surface area contributed by atoms with Crippen molar-refractivity contribution in [3.05, 3.63) is 34.9 Å². The quantitative estimate of drug-likeness (QED) is 0.540. The molecule has 1 heterocycles. The number of allylic oxidation sites excluding steroid dienone is 2. The van der Waals surface area contributed by atoms with Crippen molar-refractivity contribution < 1.29 is 19.4 Å². The van der Waals surface area contributed by atoms with Gasteiger partial charge in [0.25, 0.3) is 0 Å². The van der Waals surface area contributed by atoms with Gasteiger partial charge in [0.05, 0.1) is 0 Å². The molecule has 1 aliphatic carbocycles. The Hall–Kier alpha value is -1.55. The molecule has 0 spiro atoms. The third-order valence-corrected chi connectivity index (χ3v) is 2.48. The molecule has 0 saturated carbocycles. The van der Waals surface area contributed by atoms with Crippen LogP contribution in [-0.2, 0) is 14.3 Å². The first-order valence-corrected chi connectivity index (χ1v) is 4.67. The number of esters is 1. The zero-order valence-electron chi connectivity index (χ0n) is 7.51. The van der Waals surface area contributed by atoms with Crippen LogP contribution in [0.25, 0.3) is 0 Å². The summed E-state index contributed by atoms with van der Waals surface area (Å²) in [5.41, 5.74) is -0.340. The summed E-state index contributed by atoms with van der Waals surface area (Å²) in [6.45, 7) is 0. The molecule has 2 rings (SSSR count). The summed E-state index contributed by atoms with van der Waals surface area (Å²) >= 11 is 5.76. The maximum absolute atomic E-state index is 11.2. The summed E-state index contributed by atoms with van der Waals surface area (Å²) in [6, 6.07) is 0. The van der Waals surface area contributed by atoms with Crippen LogP contribution in [-0.4, -0.2) is 23.1 Å². The summed E-state index contributed by atoms with van der Waals surface area (Å²) in [5, 5.41) is 9.23. The predicted octanol–water partition coefficient (Wildman–Crippen LogP) is 1.23. The average Bonchev–Trinajstić information content (AvgIpc) is 2.17. The number of hydrogen-bond donors (Lipinski definition) is 1. The third-order valence-electron chi connectivity index (χ3n) is 2.23. The highest BCUT2D eigenvalue weighted by molar-refractivity contribution is 6.31. The molecule has 1 aliphatic heterocycles. The van der Waals surface area contributed by atoms with Crippen LogP contribution in [0, 0.1) is 5.92 Å². The first-order chi connectivity index (χ1) is 7.08. The molecule has 0 bridgehead atoms. The van der Waals surface area contributed by atoms with Crippen LogP contribution >= 0.6 is 11.6 Å². The highest BCUT2D eigenvalue weighted by atomic mass is 35.5. The van der Waals surface area contributed by atoms with Crippen LogP contribution in [0.15, 0.2) is 34.9 Å². The highest BCUT2D eigenvalue weighted by Crippen LogP contribution is 2.28. The zero-order chi connectivity index (χ0) is 11.0.